The molecule has 0 bridgehead atoms. The van der Waals surface area contributed by atoms with Gasteiger partial charge in [0.25, 0.3) is 0 Å². The van der Waals surface area contributed by atoms with Gasteiger partial charge >= 0.3 is 5.97 Å². The maximum atomic E-state index is 11.5. The molecule has 0 aliphatic heterocycles. The van der Waals surface area contributed by atoms with E-state index in [0.29, 0.717) is 5.56 Å². The largest absolute Gasteiger partial charge is 0.459 e. The molecule has 1 atom stereocenters. The lowest BCUT2D eigenvalue weighted by molar-refractivity contribution is -0.156. The van der Waals surface area contributed by atoms with Crippen LogP contribution in [0.3, 0.4) is 0 Å². The average Bonchev–Trinajstić information content (AvgIpc) is 2.51. The zero-order chi connectivity index (χ0) is 10.8. The van der Waals surface area contributed by atoms with Crippen molar-refractivity contribution in [1.82, 2.24) is 10.2 Å². The summed E-state index contributed by atoms with van der Waals surface area (Å²) in [6.07, 6.45) is 3.09. The van der Waals surface area contributed by atoms with Crippen molar-refractivity contribution >= 4 is 5.97 Å². The number of hydrogen-bond donors (Lipinski definition) is 2. The highest BCUT2D eigenvalue weighted by Gasteiger charge is 2.23. The van der Waals surface area contributed by atoms with Crippen LogP contribution in [0.1, 0.15) is 32.4 Å². The molecule has 0 amide bonds. The smallest absolute Gasteiger partial charge is 0.328 e. The number of esters is 1. The molecule has 3 N–H and O–H groups in total. The van der Waals surface area contributed by atoms with Gasteiger partial charge in [0.1, 0.15) is 11.6 Å². The molecule has 0 unspecified atom stereocenters. The summed E-state index contributed by atoms with van der Waals surface area (Å²) in [6.45, 7) is 5.40. The molecular weight excluding hydrogens is 182 g/mol. The van der Waals surface area contributed by atoms with E-state index in [2.05, 4.69) is 10.2 Å². The van der Waals surface area contributed by atoms with E-state index in [-0.39, 0.29) is 0 Å². The van der Waals surface area contributed by atoms with Crippen molar-refractivity contribution in [2.24, 2.45) is 5.73 Å². The molecule has 5 nitrogen and oxygen atoms in total. The summed E-state index contributed by atoms with van der Waals surface area (Å²) >= 11 is 0. The van der Waals surface area contributed by atoms with Gasteiger partial charge in [-0.1, -0.05) is 0 Å². The molecule has 0 aromatic carbocycles. The minimum absolute atomic E-state index is 0.445. The van der Waals surface area contributed by atoms with Crippen LogP contribution in [0.2, 0.25) is 0 Å². The first-order chi connectivity index (χ1) is 6.40. The Morgan fingerprint density at radius 1 is 1.64 bits per heavy atom. The molecule has 1 rings (SSSR count). The predicted molar refractivity (Wildman–Crippen MR) is 51.4 cm³/mol. The maximum absolute atomic E-state index is 11.5. The van der Waals surface area contributed by atoms with Gasteiger partial charge in [-0.2, -0.15) is 5.10 Å². The lowest BCUT2D eigenvalue weighted by Crippen LogP contribution is -2.31. The van der Waals surface area contributed by atoms with E-state index in [1.807, 2.05) is 0 Å². The van der Waals surface area contributed by atoms with Gasteiger partial charge in [0, 0.05) is 11.8 Å². The number of nitrogens with zero attached hydrogens (tertiary/aromatic N) is 1. The van der Waals surface area contributed by atoms with E-state index in [1.165, 1.54) is 6.20 Å². The fourth-order valence-corrected chi connectivity index (χ4v) is 0.932. The molecule has 14 heavy (non-hydrogen) atoms. The van der Waals surface area contributed by atoms with Gasteiger partial charge in [-0.05, 0) is 20.8 Å². The van der Waals surface area contributed by atoms with Gasteiger partial charge < -0.3 is 10.5 Å². The number of nitrogens with one attached hydrogen (secondary N) is 1. The zero-order valence-electron chi connectivity index (χ0n) is 8.57. The monoisotopic (exact) mass is 197 g/mol. The molecule has 78 valence electrons. The average molecular weight is 197 g/mol. The van der Waals surface area contributed by atoms with Crippen molar-refractivity contribution in [1.29, 1.82) is 0 Å². The number of carbonyl (C=O) groups is 1. The molecule has 1 aromatic heterocycles. The third-order valence-electron chi connectivity index (χ3n) is 1.54. The number of carbonyl (C=O) groups excluding carboxylic acids is 1. The van der Waals surface area contributed by atoms with Crippen LogP contribution < -0.4 is 5.73 Å². The topological polar surface area (TPSA) is 81.0 Å². The Hall–Kier alpha value is -1.36. The van der Waals surface area contributed by atoms with Crippen LogP contribution in [0.15, 0.2) is 12.4 Å². The first-order valence-electron chi connectivity index (χ1n) is 4.37. The van der Waals surface area contributed by atoms with E-state index in [9.17, 15) is 4.79 Å². The SMILES string of the molecule is CC(C)(C)OC(=O)[C@@H](N)c1cn[nH]c1. The van der Waals surface area contributed by atoms with Gasteiger partial charge in [-0.15, -0.1) is 0 Å². The van der Waals surface area contributed by atoms with Crippen LogP contribution in [0.5, 0.6) is 0 Å². The Morgan fingerprint density at radius 3 is 2.71 bits per heavy atom. The van der Waals surface area contributed by atoms with Crippen molar-refractivity contribution in [3.8, 4) is 0 Å². The highest BCUT2D eigenvalue weighted by Crippen LogP contribution is 2.14. The zero-order valence-corrected chi connectivity index (χ0v) is 8.57. The number of H-pyrrole nitrogens is 1. The fraction of sp³-hybridized carbons (Fsp3) is 0.556. The molecule has 0 radical (unpaired) electrons. The van der Waals surface area contributed by atoms with Crippen molar-refractivity contribution in [3.63, 3.8) is 0 Å². The highest BCUT2D eigenvalue weighted by molar-refractivity contribution is 5.77. The third kappa shape index (κ3) is 2.85. The minimum atomic E-state index is -0.770. The molecule has 0 saturated carbocycles. The number of hydrogen-bond acceptors (Lipinski definition) is 4. The summed E-state index contributed by atoms with van der Waals surface area (Å²) in [5.74, 6) is -0.445. The third-order valence-corrected chi connectivity index (χ3v) is 1.54. The number of aromatic amines is 1. The second-order valence-electron chi connectivity index (χ2n) is 4.04. The first kappa shape index (κ1) is 10.7. The Bertz CT molecular complexity index is 300. The van der Waals surface area contributed by atoms with Crippen LogP contribution in [0, 0.1) is 0 Å². The van der Waals surface area contributed by atoms with E-state index < -0.39 is 17.6 Å². The van der Waals surface area contributed by atoms with Gasteiger partial charge in [-0.3, -0.25) is 5.10 Å². The summed E-state index contributed by atoms with van der Waals surface area (Å²) < 4.78 is 5.12. The van der Waals surface area contributed by atoms with Crippen molar-refractivity contribution in [2.75, 3.05) is 0 Å². The van der Waals surface area contributed by atoms with Crippen LogP contribution >= 0.6 is 0 Å². The Kier molecular flexibility index (Phi) is 2.90. The quantitative estimate of drug-likeness (QED) is 0.685. The highest BCUT2D eigenvalue weighted by atomic mass is 16.6. The molecule has 1 aromatic rings. The van der Waals surface area contributed by atoms with Crippen LogP contribution in [0.4, 0.5) is 0 Å². The molecule has 0 aliphatic carbocycles. The fourth-order valence-electron chi connectivity index (χ4n) is 0.932. The van der Waals surface area contributed by atoms with Crippen LogP contribution in [0.25, 0.3) is 0 Å². The molecule has 5 heteroatoms. The lowest BCUT2D eigenvalue weighted by atomic mass is 10.1. The van der Waals surface area contributed by atoms with E-state index in [1.54, 1.807) is 27.0 Å². The summed E-state index contributed by atoms with van der Waals surface area (Å²) in [5, 5.41) is 6.30. The molecule has 0 fully saturated rings. The Labute approximate surface area is 82.6 Å². The molecule has 0 spiro atoms. The minimum Gasteiger partial charge on any atom is -0.459 e. The number of ether oxygens (including phenoxy) is 1. The van der Waals surface area contributed by atoms with E-state index in [4.69, 9.17) is 10.5 Å². The van der Waals surface area contributed by atoms with Gasteiger partial charge in [-0.25, -0.2) is 4.79 Å². The Morgan fingerprint density at radius 2 is 2.29 bits per heavy atom. The van der Waals surface area contributed by atoms with E-state index >= 15 is 0 Å². The van der Waals surface area contributed by atoms with Crippen molar-refractivity contribution < 1.29 is 9.53 Å². The summed E-state index contributed by atoms with van der Waals surface area (Å²) in [6, 6.07) is -0.770. The predicted octanol–water partition coefficient (Wildman–Crippen LogP) is 0.751. The van der Waals surface area contributed by atoms with Crippen molar-refractivity contribution in [2.45, 2.75) is 32.4 Å². The van der Waals surface area contributed by atoms with Gasteiger partial charge in [0.2, 0.25) is 0 Å². The second kappa shape index (κ2) is 3.79. The maximum Gasteiger partial charge on any atom is 0.328 e. The van der Waals surface area contributed by atoms with E-state index in [0.717, 1.165) is 0 Å². The number of rotatable bonds is 2. The normalized spacial score (nSPS) is 13.7. The van der Waals surface area contributed by atoms with Crippen LogP contribution in [-0.4, -0.2) is 21.8 Å². The second-order valence-corrected chi connectivity index (χ2v) is 4.04. The number of aromatic nitrogens is 2. The molecule has 1 heterocycles. The summed E-state index contributed by atoms with van der Waals surface area (Å²) in [7, 11) is 0. The number of nitrogens with two attached hydrogens (primary N) is 1. The van der Waals surface area contributed by atoms with Gasteiger partial charge in [0.05, 0.1) is 6.20 Å². The summed E-state index contributed by atoms with van der Waals surface area (Å²) in [4.78, 5) is 11.5. The molecular formula is C9H15N3O2. The lowest BCUT2D eigenvalue weighted by Gasteiger charge is -2.21. The molecule has 0 saturated heterocycles. The summed E-state index contributed by atoms with van der Waals surface area (Å²) in [5.41, 5.74) is 5.76. The van der Waals surface area contributed by atoms with Crippen molar-refractivity contribution in [3.05, 3.63) is 18.0 Å². The molecule has 0 aliphatic rings. The first-order valence-corrected chi connectivity index (χ1v) is 4.37. The standard InChI is InChI=1S/C9H15N3O2/c1-9(2,3)14-8(13)7(10)6-4-11-12-5-6/h4-5,7H,10H2,1-3H3,(H,11,12)/t7-/m0/s1. The Balaban J connectivity index is 2.63. The van der Waals surface area contributed by atoms with Gasteiger partial charge in [0.15, 0.2) is 0 Å². The van der Waals surface area contributed by atoms with Crippen LogP contribution in [-0.2, 0) is 9.53 Å².